The van der Waals surface area contributed by atoms with E-state index in [-0.39, 0.29) is 5.78 Å². The van der Waals surface area contributed by atoms with Crippen LogP contribution >= 0.6 is 0 Å². The third-order valence-corrected chi connectivity index (χ3v) is 4.14. The van der Waals surface area contributed by atoms with Gasteiger partial charge in [-0.2, -0.15) is 0 Å². The van der Waals surface area contributed by atoms with Crippen molar-refractivity contribution in [1.82, 2.24) is 0 Å². The van der Waals surface area contributed by atoms with Gasteiger partial charge in [-0.1, -0.05) is 35.4 Å². The second-order valence-electron chi connectivity index (χ2n) is 6.51. The molecular weight excluding hydrogens is 312 g/mol. The van der Waals surface area contributed by atoms with Crippen LogP contribution in [0.2, 0.25) is 0 Å². The number of ether oxygens (including phenoxy) is 2. The highest BCUT2D eigenvalue weighted by atomic mass is 16.5. The van der Waals surface area contributed by atoms with Gasteiger partial charge in [0.1, 0.15) is 18.1 Å². The first kappa shape index (κ1) is 17.0. The summed E-state index contributed by atoms with van der Waals surface area (Å²) in [7, 11) is 0. The van der Waals surface area contributed by atoms with Gasteiger partial charge in [-0.15, -0.1) is 0 Å². The molecule has 0 aromatic heterocycles. The van der Waals surface area contributed by atoms with Crippen LogP contribution in [0.3, 0.4) is 0 Å². The number of fused-ring (bicyclic) bond motifs is 1. The molecule has 128 valence electrons. The van der Waals surface area contributed by atoms with E-state index in [2.05, 4.69) is 0 Å². The molecule has 0 bridgehead atoms. The lowest BCUT2D eigenvalue weighted by Gasteiger charge is -2.10. The Hall–Kier alpha value is -2.81. The summed E-state index contributed by atoms with van der Waals surface area (Å²) in [5, 5.41) is 0. The van der Waals surface area contributed by atoms with Crippen LogP contribution in [0.5, 0.6) is 11.5 Å². The van der Waals surface area contributed by atoms with Crippen LogP contribution in [0.25, 0.3) is 6.08 Å². The Kier molecular flexibility index (Phi) is 4.75. The minimum Gasteiger partial charge on any atom is -0.489 e. The van der Waals surface area contributed by atoms with Crippen molar-refractivity contribution in [2.45, 2.75) is 27.7 Å². The maximum absolute atomic E-state index is 12.6. The molecule has 1 aliphatic heterocycles. The lowest BCUT2D eigenvalue weighted by atomic mass is 10.1. The standard InChI is InChI=1S/C22H22O3/c1-14(2)11-12-24-19-10-9-18-21(23)20(25-22(18)16(19)4)13-17-7-5-15(3)6-8-17/h5-11,13H,12H2,1-4H3/b20-13-. The van der Waals surface area contributed by atoms with E-state index in [1.54, 1.807) is 12.1 Å². The molecule has 0 spiro atoms. The average molecular weight is 334 g/mol. The molecule has 0 unspecified atom stereocenters. The number of allylic oxidation sites excluding steroid dienone is 2. The van der Waals surface area contributed by atoms with E-state index >= 15 is 0 Å². The predicted molar refractivity (Wildman–Crippen MR) is 100 cm³/mol. The molecule has 3 heteroatoms. The fraction of sp³-hybridized carbons (Fsp3) is 0.227. The summed E-state index contributed by atoms with van der Waals surface area (Å²) in [5.41, 5.74) is 4.76. The third kappa shape index (κ3) is 3.66. The molecule has 0 radical (unpaired) electrons. The summed E-state index contributed by atoms with van der Waals surface area (Å²) in [5.74, 6) is 1.59. The first-order valence-electron chi connectivity index (χ1n) is 8.36. The van der Waals surface area contributed by atoms with E-state index in [1.165, 1.54) is 11.1 Å². The molecule has 2 aromatic rings. The van der Waals surface area contributed by atoms with Crippen molar-refractivity contribution in [2.75, 3.05) is 6.61 Å². The number of ketones is 1. The van der Waals surface area contributed by atoms with Gasteiger partial charge in [0.05, 0.1) is 5.56 Å². The second-order valence-corrected chi connectivity index (χ2v) is 6.51. The summed E-state index contributed by atoms with van der Waals surface area (Å²) >= 11 is 0. The Morgan fingerprint density at radius 2 is 1.80 bits per heavy atom. The maximum atomic E-state index is 12.6. The van der Waals surface area contributed by atoms with Gasteiger partial charge in [-0.25, -0.2) is 0 Å². The van der Waals surface area contributed by atoms with Crippen molar-refractivity contribution < 1.29 is 14.3 Å². The van der Waals surface area contributed by atoms with Crippen LogP contribution in [0.15, 0.2) is 53.8 Å². The minimum absolute atomic E-state index is 0.0884. The van der Waals surface area contributed by atoms with Gasteiger partial charge in [0, 0.05) is 5.56 Å². The summed E-state index contributed by atoms with van der Waals surface area (Å²) in [6, 6.07) is 11.6. The zero-order valence-corrected chi connectivity index (χ0v) is 15.1. The van der Waals surface area contributed by atoms with Crippen LogP contribution in [-0.2, 0) is 0 Å². The van der Waals surface area contributed by atoms with Crippen molar-refractivity contribution >= 4 is 11.9 Å². The number of rotatable bonds is 4. The van der Waals surface area contributed by atoms with Crippen molar-refractivity contribution in [3.05, 3.63) is 76.1 Å². The van der Waals surface area contributed by atoms with Gasteiger partial charge in [-0.05, 0) is 57.5 Å². The van der Waals surface area contributed by atoms with Gasteiger partial charge >= 0.3 is 0 Å². The second kappa shape index (κ2) is 6.98. The SMILES string of the molecule is CC(C)=CCOc1ccc2c(c1C)O/C(=C\c1ccc(C)cc1)C2=O. The largest absolute Gasteiger partial charge is 0.489 e. The van der Waals surface area contributed by atoms with Crippen LogP contribution in [0.4, 0.5) is 0 Å². The molecule has 0 atom stereocenters. The van der Waals surface area contributed by atoms with Crippen molar-refractivity contribution in [3.8, 4) is 11.5 Å². The molecule has 0 saturated heterocycles. The van der Waals surface area contributed by atoms with Gasteiger partial charge in [0.15, 0.2) is 5.76 Å². The Morgan fingerprint density at radius 1 is 1.08 bits per heavy atom. The van der Waals surface area contributed by atoms with Gasteiger partial charge in [0.25, 0.3) is 0 Å². The molecule has 25 heavy (non-hydrogen) atoms. The van der Waals surface area contributed by atoms with Crippen molar-refractivity contribution in [3.63, 3.8) is 0 Å². The van der Waals surface area contributed by atoms with E-state index in [9.17, 15) is 4.79 Å². The van der Waals surface area contributed by atoms with E-state index in [0.29, 0.717) is 23.7 Å². The quantitative estimate of drug-likeness (QED) is 0.565. The smallest absolute Gasteiger partial charge is 0.231 e. The van der Waals surface area contributed by atoms with E-state index in [0.717, 1.165) is 16.9 Å². The number of hydrogen-bond acceptors (Lipinski definition) is 3. The highest BCUT2D eigenvalue weighted by Crippen LogP contribution is 2.39. The minimum atomic E-state index is -0.0884. The predicted octanol–water partition coefficient (Wildman–Crippen LogP) is 5.26. The first-order chi connectivity index (χ1) is 12.0. The molecule has 3 nitrogen and oxygen atoms in total. The Balaban J connectivity index is 1.86. The molecule has 1 heterocycles. The lowest BCUT2D eigenvalue weighted by molar-refractivity contribution is 0.101. The number of hydrogen-bond donors (Lipinski definition) is 0. The highest BCUT2D eigenvalue weighted by molar-refractivity contribution is 6.14. The number of carbonyl (C=O) groups is 1. The topological polar surface area (TPSA) is 35.5 Å². The fourth-order valence-corrected chi connectivity index (χ4v) is 2.64. The molecule has 0 aliphatic carbocycles. The zero-order valence-electron chi connectivity index (χ0n) is 15.1. The summed E-state index contributed by atoms with van der Waals surface area (Å²) in [4.78, 5) is 12.6. The Bertz CT molecular complexity index is 867. The highest BCUT2D eigenvalue weighted by Gasteiger charge is 2.30. The molecule has 0 fully saturated rings. The summed E-state index contributed by atoms with van der Waals surface area (Å²) in [6.07, 6.45) is 3.80. The van der Waals surface area contributed by atoms with Crippen LogP contribution < -0.4 is 9.47 Å². The molecule has 3 rings (SSSR count). The van der Waals surface area contributed by atoms with Gasteiger partial charge < -0.3 is 9.47 Å². The van der Waals surface area contributed by atoms with Crippen molar-refractivity contribution in [1.29, 1.82) is 0 Å². The normalized spacial score (nSPS) is 14.2. The van der Waals surface area contributed by atoms with E-state index < -0.39 is 0 Å². The molecule has 2 aromatic carbocycles. The van der Waals surface area contributed by atoms with Gasteiger partial charge in [-0.3, -0.25) is 4.79 Å². The van der Waals surface area contributed by atoms with Crippen molar-refractivity contribution in [2.24, 2.45) is 0 Å². The van der Waals surface area contributed by atoms with E-state index in [1.807, 2.05) is 64.1 Å². The van der Waals surface area contributed by atoms with Crippen LogP contribution in [-0.4, -0.2) is 12.4 Å². The number of Topliss-reactive ketones (excluding diaryl/α,β-unsaturated/α-hetero) is 1. The molecular formula is C22H22O3. The van der Waals surface area contributed by atoms with E-state index in [4.69, 9.17) is 9.47 Å². The molecule has 0 amide bonds. The molecule has 1 aliphatic rings. The summed E-state index contributed by atoms with van der Waals surface area (Å²) in [6.45, 7) is 8.51. The summed E-state index contributed by atoms with van der Waals surface area (Å²) < 4.78 is 11.7. The average Bonchev–Trinajstić information content (AvgIpc) is 2.89. The lowest BCUT2D eigenvalue weighted by Crippen LogP contribution is -1.98. The van der Waals surface area contributed by atoms with Gasteiger partial charge in [0.2, 0.25) is 5.78 Å². The number of benzene rings is 2. The Morgan fingerprint density at radius 3 is 2.48 bits per heavy atom. The Labute approximate surface area is 148 Å². The first-order valence-corrected chi connectivity index (χ1v) is 8.36. The number of aryl methyl sites for hydroxylation is 1. The molecule has 0 N–H and O–H groups in total. The molecule has 0 saturated carbocycles. The zero-order chi connectivity index (χ0) is 18.0. The van der Waals surface area contributed by atoms with Crippen LogP contribution in [0.1, 0.15) is 40.9 Å². The van der Waals surface area contributed by atoms with Crippen LogP contribution in [0, 0.1) is 13.8 Å². The third-order valence-electron chi connectivity index (χ3n) is 4.14. The number of carbonyl (C=O) groups excluding carboxylic acids is 1. The monoisotopic (exact) mass is 334 g/mol. The maximum Gasteiger partial charge on any atom is 0.231 e. The fourth-order valence-electron chi connectivity index (χ4n) is 2.64.